The van der Waals surface area contributed by atoms with E-state index >= 15 is 0 Å². The molecular formula is C21H31N3O3. The Morgan fingerprint density at radius 3 is 2.85 bits per heavy atom. The van der Waals surface area contributed by atoms with E-state index in [0.717, 1.165) is 17.9 Å². The first-order valence-corrected chi connectivity index (χ1v) is 9.47. The Morgan fingerprint density at radius 1 is 1.41 bits per heavy atom. The van der Waals surface area contributed by atoms with Gasteiger partial charge in [-0.2, -0.15) is 0 Å². The summed E-state index contributed by atoms with van der Waals surface area (Å²) in [6.07, 6.45) is 4.22. The van der Waals surface area contributed by atoms with Gasteiger partial charge in [-0.25, -0.2) is 0 Å². The summed E-state index contributed by atoms with van der Waals surface area (Å²) in [6.45, 7) is 6.79. The number of amides is 2. The van der Waals surface area contributed by atoms with Crippen LogP contribution in [0.25, 0.3) is 6.08 Å². The summed E-state index contributed by atoms with van der Waals surface area (Å²) in [5.41, 5.74) is 0.991. The van der Waals surface area contributed by atoms with Crippen LogP contribution in [-0.4, -0.2) is 68.0 Å². The van der Waals surface area contributed by atoms with Crippen molar-refractivity contribution in [3.05, 3.63) is 35.9 Å². The quantitative estimate of drug-likeness (QED) is 0.757. The van der Waals surface area contributed by atoms with Crippen molar-refractivity contribution < 1.29 is 14.3 Å². The monoisotopic (exact) mass is 373 g/mol. The van der Waals surface area contributed by atoms with Crippen LogP contribution in [0, 0.1) is 5.92 Å². The number of ether oxygens (including phenoxy) is 1. The molecule has 0 radical (unpaired) electrons. The second-order valence-electron chi connectivity index (χ2n) is 7.32. The first kappa shape index (κ1) is 21.0. The third kappa shape index (κ3) is 6.10. The second-order valence-corrected chi connectivity index (χ2v) is 7.32. The molecule has 2 amide bonds. The molecule has 0 aromatic heterocycles. The zero-order valence-corrected chi connectivity index (χ0v) is 16.8. The van der Waals surface area contributed by atoms with Gasteiger partial charge in [0.15, 0.2) is 0 Å². The molecule has 0 saturated carbocycles. The number of hydrogen-bond donors (Lipinski definition) is 1. The number of rotatable bonds is 8. The SMILES string of the molecule is COc1ccccc1/C=C/CN1CCNC(=O)[C@H]1CC(=O)N(C)CC(C)C. The molecule has 0 bridgehead atoms. The number of nitrogens with zero attached hydrogens (tertiary/aromatic N) is 2. The van der Waals surface area contributed by atoms with E-state index in [4.69, 9.17) is 4.74 Å². The van der Waals surface area contributed by atoms with Crippen molar-refractivity contribution in [2.45, 2.75) is 26.3 Å². The number of hydrogen-bond acceptors (Lipinski definition) is 4. The minimum absolute atomic E-state index is 0.00413. The third-order valence-electron chi connectivity index (χ3n) is 4.65. The summed E-state index contributed by atoms with van der Waals surface area (Å²) in [6, 6.07) is 7.37. The Bertz CT molecular complexity index is 672. The molecule has 6 nitrogen and oxygen atoms in total. The van der Waals surface area contributed by atoms with Gasteiger partial charge >= 0.3 is 0 Å². The number of carbonyl (C=O) groups excluding carboxylic acids is 2. The van der Waals surface area contributed by atoms with Gasteiger partial charge in [-0.05, 0) is 12.0 Å². The molecule has 1 aliphatic rings. The number of piperazine rings is 1. The first-order chi connectivity index (χ1) is 12.9. The molecule has 2 rings (SSSR count). The summed E-state index contributed by atoms with van der Waals surface area (Å²) in [5.74, 6) is 1.15. The van der Waals surface area contributed by atoms with Crippen LogP contribution in [0.1, 0.15) is 25.8 Å². The molecule has 1 aromatic carbocycles. The summed E-state index contributed by atoms with van der Waals surface area (Å²) >= 11 is 0. The molecule has 27 heavy (non-hydrogen) atoms. The Balaban J connectivity index is 2.01. The van der Waals surface area contributed by atoms with Gasteiger partial charge in [0.2, 0.25) is 11.8 Å². The maximum Gasteiger partial charge on any atom is 0.237 e. The van der Waals surface area contributed by atoms with Gasteiger partial charge in [-0.15, -0.1) is 0 Å². The standard InChI is InChI=1S/C21H31N3O3/c1-16(2)15-23(3)20(25)14-18-21(26)22-11-13-24(18)12-7-9-17-8-5-6-10-19(17)27-4/h5-10,16,18H,11-15H2,1-4H3,(H,22,26)/b9-7+/t18-/m1/s1. The topological polar surface area (TPSA) is 61.9 Å². The van der Waals surface area contributed by atoms with Gasteiger partial charge < -0.3 is 15.0 Å². The van der Waals surface area contributed by atoms with Crippen molar-refractivity contribution in [3.63, 3.8) is 0 Å². The molecule has 148 valence electrons. The predicted molar refractivity (Wildman–Crippen MR) is 107 cm³/mol. The number of methoxy groups -OCH3 is 1. The summed E-state index contributed by atoms with van der Waals surface area (Å²) in [5, 5.41) is 2.88. The number of nitrogens with one attached hydrogen (secondary N) is 1. The highest BCUT2D eigenvalue weighted by Crippen LogP contribution is 2.19. The molecular weight excluding hydrogens is 342 g/mol. The van der Waals surface area contributed by atoms with Crippen LogP contribution in [-0.2, 0) is 9.59 Å². The normalized spacial score (nSPS) is 18.0. The third-order valence-corrected chi connectivity index (χ3v) is 4.65. The lowest BCUT2D eigenvalue weighted by atomic mass is 10.1. The smallest absolute Gasteiger partial charge is 0.237 e. The fourth-order valence-electron chi connectivity index (χ4n) is 3.29. The zero-order valence-electron chi connectivity index (χ0n) is 16.8. The Hall–Kier alpha value is -2.34. The van der Waals surface area contributed by atoms with Crippen molar-refractivity contribution in [2.75, 3.05) is 40.3 Å². The number of benzene rings is 1. The van der Waals surface area contributed by atoms with Crippen LogP contribution >= 0.6 is 0 Å². The highest BCUT2D eigenvalue weighted by atomic mass is 16.5. The summed E-state index contributed by atoms with van der Waals surface area (Å²) < 4.78 is 5.36. The Labute approximate surface area is 162 Å². The van der Waals surface area contributed by atoms with E-state index in [1.54, 1.807) is 19.1 Å². The lowest BCUT2D eigenvalue weighted by Gasteiger charge is -2.34. The van der Waals surface area contributed by atoms with E-state index < -0.39 is 6.04 Å². The van der Waals surface area contributed by atoms with E-state index in [0.29, 0.717) is 25.6 Å². The van der Waals surface area contributed by atoms with Crippen LogP contribution in [0.2, 0.25) is 0 Å². The van der Waals surface area contributed by atoms with Gasteiger partial charge in [-0.1, -0.05) is 44.2 Å². The molecule has 1 N–H and O–H groups in total. The fourth-order valence-corrected chi connectivity index (χ4v) is 3.29. The Kier molecular flexibility index (Phi) is 7.85. The number of para-hydroxylation sites is 1. The molecule has 1 aromatic rings. The van der Waals surface area contributed by atoms with E-state index in [2.05, 4.69) is 24.1 Å². The van der Waals surface area contributed by atoms with Crippen molar-refractivity contribution >= 4 is 17.9 Å². The average Bonchev–Trinajstić information content (AvgIpc) is 2.64. The van der Waals surface area contributed by atoms with Gasteiger partial charge in [-0.3, -0.25) is 14.5 Å². The van der Waals surface area contributed by atoms with E-state index in [-0.39, 0.29) is 18.2 Å². The maximum atomic E-state index is 12.5. The molecule has 0 spiro atoms. The summed E-state index contributed by atoms with van der Waals surface area (Å²) in [7, 11) is 3.45. The van der Waals surface area contributed by atoms with Gasteiger partial charge in [0.1, 0.15) is 5.75 Å². The molecule has 1 fully saturated rings. The molecule has 6 heteroatoms. The van der Waals surface area contributed by atoms with Crippen molar-refractivity contribution in [2.24, 2.45) is 5.92 Å². The van der Waals surface area contributed by atoms with Gasteiger partial charge in [0.25, 0.3) is 0 Å². The molecule has 0 unspecified atom stereocenters. The molecule has 0 aliphatic carbocycles. The molecule has 1 heterocycles. The Morgan fingerprint density at radius 2 is 2.15 bits per heavy atom. The maximum absolute atomic E-state index is 12.5. The van der Waals surface area contributed by atoms with Gasteiger partial charge in [0.05, 0.1) is 19.6 Å². The van der Waals surface area contributed by atoms with E-state index in [1.165, 1.54) is 0 Å². The van der Waals surface area contributed by atoms with E-state index in [1.807, 2.05) is 36.4 Å². The van der Waals surface area contributed by atoms with Crippen molar-refractivity contribution in [1.29, 1.82) is 0 Å². The zero-order chi connectivity index (χ0) is 19.8. The highest BCUT2D eigenvalue weighted by Gasteiger charge is 2.31. The summed E-state index contributed by atoms with van der Waals surface area (Å²) in [4.78, 5) is 28.6. The lowest BCUT2D eigenvalue weighted by Crippen LogP contribution is -2.56. The largest absolute Gasteiger partial charge is 0.496 e. The second kappa shape index (κ2) is 10.1. The fraction of sp³-hybridized carbons (Fsp3) is 0.524. The average molecular weight is 373 g/mol. The molecule has 1 aliphatic heterocycles. The minimum atomic E-state index is -0.428. The predicted octanol–water partition coefficient (Wildman–Crippen LogP) is 2.01. The van der Waals surface area contributed by atoms with Crippen LogP contribution < -0.4 is 10.1 Å². The molecule has 1 saturated heterocycles. The van der Waals surface area contributed by atoms with Crippen molar-refractivity contribution in [3.8, 4) is 5.75 Å². The van der Waals surface area contributed by atoms with E-state index in [9.17, 15) is 9.59 Å². The van der Waals surface area contributed by atoms with Crippen LogP contribution in [0.15, 0.2) is 30.3 Å². The van der Waals surface area contributed by atoms with Crippen molar-refractivity contribution in [1.82, 2.24) is 15.1 Å². The highest BCUT2D eigenvalue weighted by molar-refractivity contribution is 5.88. The molecule has 1 atom stereocenters. The number of carbonyl (C=O) groups is 2. The van der Waals surface area contributed by atoms with Gasteiger partial charge in [0, 0.05) is 38.8 Å². The van der Waals surface area contributed by atoms with Crippen LogP contribution in [0.3, 0.4) is 0 Å². The van der Waals surface area contributed by atoms with Crippen LogP contribution in [0.4, 0.5) is 0 Å². The lowest BCUT2D eigenvalue weighted by molar-refractivity contribution is -0.138. The van der Waals surface area contributed by atoms with Crippen LogP contribution in [0.5, 0.6) is 5.75 Å². The minimum Gasteiger partial charge on any atom is -0.496 e. The first-order valence-electron chi connectivity index (χ1n) is 9.47.